The highest BCUT2D eigenvalue weighted by atomic mass is 32.2. The molecule has 1 heterocycles. The first-order chi connectivity index (χ1) is 4.58. The molecule has 0 fully saturated rings. The maximum Gasteiger partial charge on any atom is 0.329 e. The van der Waals surface area contributed by atoms with Crippen molar-refractivity contribution >= 4 is 10.1 Å². The Morgan fingerprint density at radius 3 is 2.70 bits per heavy atom. The third-order valence-corrected chi connectivity index (χ3v) is 1.51. The molecule has 56 valence electrons. The Kier molecular flexibility index (Phi) is 1.73. The monoisotopic (exact) mass is 163 g/mol. The highest BCUT2D eigenvalue weighted by Gasteiger charge is 2.12. The summed E-state index contributed by atoms with van der Waals surface area (Å²) in [6, 6.07) is 1.63. The van der Waals surface area contributed by atoms with Gasteiger partial charge >= 0.3 is 10.1 Å². The number of nitrogens with zero attached hydrogens (tertiary/aromatic N) is 1. The van der Waals surface area contributed by atoms with Crippen molar-refractivity contribution < 1.29 is 17.7 Å². The molecule has 0 atom stereocenters. The van der Waals surface area contributed by atoms with Crippen molar-refractivity contribution in [2.75, 3.05) is 0 Å². The summed E-state index contributed by atoms with van der Waals surface area (Å²) in [6.07, 6.45) is 3.07. The predicted octanol–water partition coefficient (Wildman–Crippen LogP) is -0.853. The van der Waals surface area contributed by atoms with Gasteiger partial charge in [-0.25, -0.2) is 0 Å². The van der Waals surface area contributed by atoms with Crippen molar-refractivity contribution in [3.63, 3.8) is 0 Å². The van der Waals surface area contributed by atoms with Crippen LogP contribution in [0.25, 0.3) is 0 Å². The van der Waals surface area contributed by atoms with E-state index in [1.165, 1.54) is 10.9 Å². The number of rotatable bonds is 2. The molecule has 0 saturated heterocycles. The average Bonchev–Trinajstić information content (AvgIpc) is 2.12. The Hall–Kier alpha value is -0.880. The fourth-order valence-corrected chi connectivity index (χ4v) is 1.10. The lowest BCUT2D eigenvalue weighted by molar-refractivity contribution is -0.732. The number of aromatic amines is 1. The van der Waals surface area contributed by atoms with Crippen LogP contribution in [0, 0.1) is 0 Å². The van der Waals surface area contributed by atoms with Crippen molar-refractivity contribution in [3.8, 4) is 0 Å². The van der Waals surface area contributed by atoms with Crippen LogP contribution in [0.3, 0.4) is 0 Å². The molecule has 0 aliphatic heterocycles. The molecule has 1 aromatic rings. The molecule has 0 spiro atoms. The molecule has 0 aromatic carbocycles. The summed E-state index contributed by atoms with van der Waals surface area (Å²) in [4.78, 5) is 0. The smallest absolute Gasteiger partial charge is 0.281 e. The summed E-state index contributed by atoms with van der Waals surface area (Å²) >= 11 is 0. The van der Waals surface area contributed by atoms with Gasteiger partial charge in [0.1, 0.15) is 0 Å². The first kappa shape index (κ1) is 7.23. The molecule has 6 heteroatoms. The van der Waals surface area contributed by atoms with Gasteiger partial charge in [-0.15, -0.1) is 4.68 Å². The largest absolute Gasteiger partial charge is 0.329 e. The summed E-state index contributed by atoms with van der Waals surface area (Å²) in [6.45, 7) is 0. The third-order valence-electron chi connectivity index (χ3n) is 0.905. The van der Waals surface area contributed by atoms with Crippen LogP contribution in [-0.2, 0) is 16.0 Å². The summed E-state index contributed by atoms with van der Waals surface area (Å²) in [5, 5.41) is 2.57. The van der Waals surface area contributed by atoms with E-state index in [0.29, 0.717) is 0 Å². The molecule has 0 aliphatic carbocycles. The van der Waals surface area contributed by atoms with Gasteiger partial charge in [0, 0.05) is 6.07 Å². The topological polar surface area (TPSA) is 74.0 Å². The van der Waals surface area contributed by atoms with Crippen LogP contribution < -0.4 is 4.68 Å². The molecule has 5 nitrogen and oxygen atoms in total. The lowest BCUT2D eigenvalue weighted by Gasteiger charge is -1.85. The lowest BCUT2D eigenvalue weighted by Crippen LogP contribution is -2.38. The van der Waals surface area contributed by atoms with E-state index in [9.17, 15) is 8.42 Å². The second-order valence-corrected chi connectivity index (χ2v) is 3.24. The van der Waals surface area contributed by atoms with Gasteiger partial charge in [0.25, 0.3) is 5.88 Å². The van der Waals surface area contributed by atoms with E-state index in [4.69, 9.17) is 4.55 Å². The quantitative estimate of drug-likeness (QED) is 0.440. The van der Waals surface area contributed by atoms with E-state index in [1.807, 2.05) is 0 Å². The van der Waals surface area contributed by atoms with Crippen LogP contribution in [0.1, 0.15) is 0 Å². The van der Waals surface area contributed by atoms with Crippen LogP contribution in [0.4, 0.5) is 0 Å². The number of aromatic nitrogens is 2. The van der Waals surface area contributed by atoms with Crippen LogP contribution in [0.2, 0.25) is 0 Å². The van der Waals surface area contributed by atoms with Crippen molar-refractivity contribution in [2.45, 2.75) is 5.88 Å². The Morgan fingerprint density at radius 1 is 1.60 bits per heavy atom. The molecule has 2 N–H and O–H groups in total. The van der Waals surface area contributed by atoms with Crippen LogP contribution in [-0.4, -0.2) is 18.1 Å². The maximum atomic E-state index is 10.2. The number of hydrogen-bond donors (Lipinski definition) is 2. The van der Waals surface area contributed by atoms with Gasteiger partial charge in [-0.3, -0.25) is 4.55 Å². The van der Waals surface area contributed by atoms with Crippen molar-refractivity contribution in [2.24, 2.45) is 0 Å². The zero-order valence-corrected chi connectivity index (χ0v) is 5.87. The second kappa shape index (κ2) is 2.39. The number of nitrogens with one attached hydrogen (secondary N) is 1. The normalized spacial score (nSPS) is 11.7. The van der Waals surface area contributed by atoms with Crippen LogP contribution in [0.15, 0.2) is 18.5 Å². The zero-order chi connectivity index (χ0) is 7.61. The molecule has 1 rings (SSSR count). The second-order valence-electron chi connectivity index (χ2n) is 1.82. The fourth-order valence-electron chi connectivity index (χ4n) is 0.585. The summed E-state index contributed by atoms with van der Waals surface area (Å²) in [5.74, 6) is -0.431. The first-order valence-electron chi connectivity index (χ1n) is 2.56. The first-order valence-corrected chi connectivity index (χ1v) is 4.17. The molecule has 0 bridgehead atoms. The van der Waals surface area contributed by atoms with E-state index < -0.39 is 16.0 Å². The van der Waals surface area contributed by atoms with E-state index >= 15 is 0 Å². The van der Waals surface area contributed by atoms with Crippen molar-refractivity contribution in [3.05, 3.63) is 18.5 Å². The zero-order valence-electron chi connectivity index (χ0n) is 5.06. The number of hydrogen-bond acceptors (Lipinski definition) is 2. The van der Waals surface area contributed by atoms with Gasteiger partial charge in [-0.05, 0) is 0 Å². The summed E-state index contributed by atoms with van der Waals surface area (Å²) < 4.78 is 30.0. The lowest BCUT2D eigenvalue weighted by atomic mass is 10.8. The van der Waals surface area contributed by atoms with Gasteiger partial charge < -0.3 is 0 Å². The maximum absolute atomic E-state index is 10.2. The minimum absolute atomic E-state index is 0.431. The van der Waals surface area contributed by atoms with E-state index in [2.05, 4.69) is 5.10 Å². The molecule has 0 aliphatic rings. The Labute approximate surface area is 58.0 Å². The summed E-state index contributed by atoms with van der Waals surface area (Å²) in [7, 11) is -3.92. The highest BCUT2D eigenvalue weighted by Crippen LogP contribution is 1.79. The Morgan fingerprint density at radius 2 is 2.30 bits per heavy atom. The van der Waals surface area contributed by atoms with Gasteiger partial charge in [0.2, 0.25) is 0 Å². The SMILES string of the molecule is O=S(=O)(O)C[n+]1ccc[nH]1. The van der Waals surface area contributed by atoms with Crippen LogP contribution in [0.5, 0.6) is 0 Å². The highest BCUT2D eigenvalue weighted by molar-refractivity contribution is 7.84. The molecule has 10 heavy (non-hydrogen) atoms. The van der Waals surface area contributed by atoms with Gasteiger partial charge in [0.15, 0.2) is 6.20 Å². The minimum Gasteiger partial charge on any atom is -0.281 e. The molecule has 0 radical (unpaired) electrons. The average molecular weight is 163 g/mol. The fraction of sp³-hybridized carbons (Fsp3) is 0.250. The van der Waals surface area contributed by atoms with E-state index in [0.717, 1.165) is 0 Å². The summed E-state index contributed by atoms with van der Waals surface area (Å²) in [5.41, 5.74) is 0. The van der Waals surface area contributed by atoms with E-state index in [1.54, 1.807) is 12.3 Å². The minimum atomic E-state index is -3.92. The Bertz CT molecular complexity index is 288. The molecular weight excluding hydrogens is 156 g/mol. The number of H-pyrrole nitrogens is 1. The molecule has 0 saturated carbocycles. The Balaban J connectivity index is 2.75. The van der Waals surface area contributed by atoms with Gasteiger partial charge in [-0.2, -0.15) is 13.5 Å². The molecule has 1 aromatic heterocycles. The van der Waals surface area contributed by atoms with Crippen molar-refractivity contribution in [1.82, 2.24) is 5.10 Å². The van der Waals surface area contributed by atoms with E-state index in [-0.39, 0.29) is 0 Å². The third kappa shape index (κ3) is 2.16. The molecular formula is C4H7N2O3S+. The predicted molar refractivity (Wildman–Crippen MR) is 32.5 cm³/mol. The standard InChI is InChI=1S/C4H6N2O3S/c7-10(8,9)4-6-3-1-2-5-6/h1-3H,4H2,(H,7,8,9)/p+1. The van der Waals surface area contributed by atoms with Crippen LogP contribution >= 0.6 is 0 Å². The van der Waals surface area contributed by atoms with Crippen molar-refractivity contribution in [1.29, 1.82) is 0 Å². The molecule has 0 unspecified atom stereocenters. The molecule has 0 amide bonds. The van der Waals surface area contributed by atoms with Gasteiger partial charge in [0.05, 0.1) is 6.20 Å². The van der Waals surface area contributed by atoms with Gasteiger partial charge in [-0.1, -0.05) is 0 Å².